The minimum Gasteiger partial charge on any atom is -0.371 e. The molecule has 2 nitrogen and oxygen atoms in total. The molecule has 1 aliphatic rings. The lowest BCUT2D eigenvalue weighted by molar-refractivity contribution is 0.627. The highest BCUT2D eigenvalue weighted by Crippen LogP contribution is 2.24. The molecule has 0 spiro atoms. The van der Waals surface area contributed by atoms with Gasteiger partial charge in [-0.25, -0.2) is 4.39 Å². The summed E-state index contributed by atoms with van der Waals surface area (Å²) in [5.41, 5.74) is 0. The Kier molecular flexibility index (Phi) is 3.49. The summed E-state index contributed by atoms with van der Waals surface area (Å²) in [7, 11) is 0. The van der Waals surface area contributed by atoms with Crippen molar-refractivity contribution in [2.45, 2.75) is 4.90 Å². The highest BCUT2D eigenvalue weighted by molar-refractivity contribution is 8.00. The van der Waals surface area contributed by atoms with Crippen LogP contribution in [-0.2, 0) is 0 Å². The average molecular weight is 245 g/mol. The average Bonchev–Trinajstić information content (AvgIpc) is 2.73. The third-order valence-corrected chi connectivity index (χ3v) is 3.30. The van der Waals surface area contributed by atoms with Gasteiger partial charge in [-0.15, -0.1) is 11.8 Å². The van der Waals surface area contributed by atoms with E-state index in [4.69, 9.17) is 11.6 Å². The van der Waals surface area contributed by atoms with Crippen molar-refractivity contribution in [2.24, 2.45) is 4.99 Å². The zero-order valence-electron chi connectivity index (χ0n) is 7.96. The first-order valence-corrected chi connectivity index (χ1v) is 5.97. The first-order chi connectivity index (χ1) is 7.25. The van der Waals surface area contributed by atoms with Gasteiger partial charge in [0.25, 0.3) is 0 Å². The Labute approximate surface area is 96.9 Å². The second-order valence-electron chi connectivity index (χ2n) is 3.12. The molecule has 15 heavy (non-hydrogen) atoms. The van der Waals surface area contributed by atoms with Gasteiger partial charge in [-0.05, 0) is 18.2 Å². The maximum absolute atomic E-state index is 12.9. The summed E-state index contributed by atoms with van der Waals surface area (Å²) in [4.78, 5) is 5.22. The number of nitrogens with zero attached hydrogens (tertiary/aromatic N) is 1. The van der Waals surface area contributed by atoms with Gasteiger partial charge in [0.05, 0.1) is 17.3 Å². The van der Waals surface area contributed by atoms with Crippen LogP contribution < -0.4 is 5.32 Å². The lowest BCUT2D eigenvalue weighted by Gasteiger charge is -2.03. The number of aliphatic imine (C=N–C) groups is 1. The molecule has 1 heterocycles. The third-order valence-electron chi connectivity index (χ3n) is 2.01. The van der Waals surface area contributed by atoms with Crippen LogP contribution >= 0.6 is 23.4 Å². The summed E-state index contributed by atoms with van der Waals surface area (Å²) in [5, 5.41) is 3.34. The van der Waals surface area contributed by atoms with Crippen LogP contribution in [0.5, 0.6) is 0 Å². The summed E-state index contributed by atoms with van der Waals surface area (Å²) in [6, 6.07) is 4.74. The zero-order chi connectivity index (χ0) is 10.7. The van der Waals surface area contributed by atoms with Crippen molar-refractivity contribution in [2.75, 3.05) is 18.8 Å². The van der Waals surface area contributed by atoms with E-state index in [0.29, 0.717) is 0 Å². The smallest absolute Gasteiger partial charge is 0.141 e. The topological polar surface area (TPSA) is 24.4 Å². The number of rotatable bonds is 3. The van der Waals surface area contributed by atoms with Gasteiger partial charge in [-0.1, -0.05) is 11.6 Å². The molecule has 0 bridgehead atoms. The van der Waals surface area contributed by atoms with Gasteiger partial charge in [-0.2, -0.15) is 0 Å². The fraction of sp³-hybridized carbons (Fsp3) is 0.300. The molecule has 0 saturated carbocycles. The highest BCUT2D eigenvalue weighted by Gasteiger charge is 2.06. The van der Waals surface area contributed by atoms with E-state index in [-0.39, 0.29) is 10.8 Å². The molecule has 80 valence electrons. The fourth-order valence-corrected chi connectivity index (χ4v) is 2.37. The van der Waals surface area contributed by atoms with Crippen LogP contribution in [0.4, 0.5) is 4.39 Å². The minimum absolute atomic E-state index is 0.168. The molecule has 0 aliphatic carbocycles. The largest absolute Gasteiger partial charge is 0.371 e. The predicted octanol–water partition coefficient (Wildman–Crippen LogP) is 2.57. The predicted molar refractivity (Wildman–Crippen MR) is 62.4 cm³/mol. The van der Waals surface area contributed by atoms with Gasteiger partial charge in [-0.3, -0.25) is 4.99 Å². The van der Waals surface area contributed by atoms with E-state index in [1.54, 1.807) is 23.9 Å². The second kappa shape index (κ2) is 4.86. The number of amidine groups is 1. The van der Waals surface area contributed by atoms with Crippen molar-refractivity contribution in [1.82, 2.24) is 5.32 Å². The highest BCUT2D eigenvalue weighted by atomic mass is 35.5. The Balaban J connectivity index is 1.96. The Bertz CT molecular complexity index is 395. The number of hydrogen-bond donors (Lipinski definition) is 1. The summed E-state index contributed by atoms with van der Waals surface area (Å²) in [5.74, 6) is 1.40. The van der Waals surface area contributed by atoms with Crippen molar-refractivity contribution in [3.8, 4) is 0 Å². The maximum Gasteiger partial charge on any atom is 0.141 e. The molecule has 1 aromatic carbocycles. The molecule has 0 atom stereocenters. The molecule has 5 heteroatoms. The van der Waals surface area contributed by atoms with Crippen molar-refractivity contribution < 1.29 is 4.39 Å². The summed E-state index contributed by atoms with van der Waals surface area (Å²) < 4.78 is 12.9. The molecule has 0 radical (unpaired) electrons. The van der Waals surface area contributed by atoms with Crippen LogP contribution in [0.15, 0.2) is 28.1 Å². The van der Waals surface area contributed by atoms with Crippen molar-refractivity contribution in [3.05, 3.63) is 29.0 Å². The summed E-state index contributed by atoms with van der Waals surface area (Å²) >= 11 is 7.27. The van der Waals surface area contributed by atoms with Gasteiger partial charge >= 0.3 is 0 Å². The first kappa shape index (κ1) is 10.8. The Hall–Kier alpha value is -0.740. The third kappa shape index (κ3) is 2.86. The maximum atomic E-state index is 12.9. The van der Waals surface area contributed by atoms with Gasteiger partial charge in [0.15, 0.2) is 0 Å². The SMILES string of the molecule is Fc1ccc(SCC2=NCCN2)cc1Cl. The molecule has 1 aromatic rings. The molecule has 0 unspecified atom stereocenters. The normalized spacial score (nSPS) is 14.9. The van der Waals surface area contributed by atoms with E-state index >= 15 is 0 Å². The van der Waals surface area contributed by atoms with Crippen LogP contribution in [0.2, 0.25) is 5.02 Å². The number of thioether (sulfide) groups is 1. The molecule has 2 rings (SSSR count). The van der Waals surface area contributed by atoms with Gasteiger partial charge in [0.2, 0.25) is 0 Å². The lowest BCUT2D eigenvalue weighted by Crippen LogP contribution is -2.20. The Morgan fingerprint density at radius 1 is 1.53 bits per heavy atom. The van der Waals surface area contributed by atoms with Crippen LogP contribution in [-0.4, -0.2) is 24.7 Å². The van der Waals surface area contributed by atoms with Crippen molar-refractivity contribution in [1.29, 1.82) is 0 Å². The van der Waals surface area contributed by atoms with Crippen LogP contribution in [0, 0.1) is 5.82 Å². The van der Waals surface area contributed by atoms with Gasteiger partial charge in [0, 0.05) is 11.4 Å². The van der Waals surface area contributed by atoms with Crippen LogP contribution in [0.3, 0.4) is 0 Å². The van der Waals surface area contributed by atoms with Crippen molar-refractivity contribution in [3.63, 3.8) is 0 Å². The van der Waals surface area contributed by atoms with E-state index in [1.165, 1.54) is 6.07 Å². The monoisotopic (exact) mass is 244 g/mol. The molecule has 0 amide bonds. The van der Waals surface area contributed by atoms with Crippen LogP contribution in [0.1, 0.15) is 0 Å². The zero-order valence-corrected chi connectivity index (χ0v) is 9.54. The van der Waals surface area contributed by atoms with Gasteiger partial charge in [0.1, 0.15) is 11.7 Å². The Morgan fingerprint density at radius 3 is 3.07 bits per heavy atom. The van der Waals surface area contributed by atoms with E-state index < -0.39 is 0 Å². The van der Waals surface area contributed by atoms with Crippen molar-refractivity contribution >= 4 is 29.2 Å². The van der Waals surface area contributed by atoms with Crippen LogP contribution in [0.25, 0.3) is 0 Å². The number of nitrogens with one attached hydrogen (secondary N) is 1. The fourth-order valence-electron chi connectivity index (χ4n) is 1.26. The standard InChI is InChI=1S/C10H10ClFN2S/c11-8-5-7(1-2-9(8)12)15-6-10-13-3-4-14-10/h1-2,5H,3-4,6H2,(H,13,14). The molecule has 0 saturated heterocycles. The van der Waals surface area contributed by atoms with E-state index in [2.05, 4.69) is 10.3 Å². The summed E-state index contributed by atoms with van der Waals surface area (Å²) in [6.07, 6.45) is 0. The molecule has 1 aliphatic heterocycles. The lowest BCUT2D eigenvalue weighted by atomic mass is 10.3. The Morgan fingerprint density at radius 2 is 2.40 bits per heavy atom. The van der Waals surface area contributed by atoms with E-state index in [0.717, 1.165) is 29.6 Å². The molecular formula is C10H10ClFN2S. The molecule has 1 N–H and O–H groups in total. The quantitative estimate of drug-likeness (QED) is 0.827. The second-order valence-corrected chi connectivity index (χ2v) is 4.58. The summed E-state index contributed by atoms with van der Waals surface area (Å²) in [6.45, 7) is 1.76. The number of hydrogen-bond acceptors (Lipinski definition) is 3. The molecule has 0 aromatic heterocycles. The number of benzene rings is 1. The van der Waals surface area contributed by atoms with E-state index in [1.807, 2.05) is 0 Å². The first-order valence-electron chi connectivity index (χ1n) is 4.61. The number of halogens is 2. The van der Waals surface area contributed by atoms with Gasteiger partial charge < -0.3 is 5.32 Å². The molecule has 0 fully saturated rings. The molecular weight excluding hydrogens is 235 g/mol. The minimum atomic E-state index is -0.377. The van der Waals surface area contributed by atoms with E-state index in [9.17, 15) is 4.39 Å².